The lowest BCUT2D eigenvalue weighted by Gasteiger charge is -2.13. The van der Waals surface area contributed by atoms with E-state index < -0.39 is 12.0 Å². The van der Waals surface area contributed by atoms with Crippen LogP contribution in [0.2, 0.25) is 0 Å². The molecule has 0 fully saturated rings. The highest BCUT2D eigenvalue weighted by Gasteiger charge is 2.18. The molecule has 0 unspecified atom stereocenters. The molecule has 0 heterocycles. The van der Waals surface area contributed by atoms with Crippen LogP contribution in [0.5, 0.6) is 0 Å². The van der Waals surface area contributed by atoms with Crippen LogP contribution in [0.3, 0.4) is 0 Å². The summed E-state index contributed by atoms with van der Waals surface area (Å²) in [5, 5.41) is 11.3. The topological polar surface area (TPSA) is 75.6 Å². The number of hydrogen-bond acceptors (Lipinski definition) is 4. The number of carboxylic acids is 1. The van der Waals surface area contributed by atoms with Gasteiger partial charge in [-0.05, 0) is 6.42 Å². The third-order valence-corrected chi connectivity index (χ3v) is 2.80. The van der Waals surface area contributed by atoms with Gasteiger partial charge in [-0.2, -0.15) is 0 Å². The molecule has 0 rings (SSSR count). The van der Waals surface area contributed by atoms with E-state index in [-0.39, 0.29) is 11.7 Å². The molecule has 6 heteroatoms. The second kappa shape index (κ2) is 9.47. The van der Waals surface area contributed by atoms with Crippen LogP contribution in [0, 0.1) is 0 Å². The predicted molar refractivity (Wildman–Crippen MR) is 63.7 cm³/mol. The van der Waals surface area contributed by atoms with Gasteiger partial charge in [-0.25, -0.2) is 4.79 Å². The summed E-state index contributed by atoms with van der Waals surface area (Å²) in [5.41, 5.74) is 0. The van der Waals surface area contributed by atoms with Gasteiger partial charge in [0.05, 0.1) is 12.4 Å². The van der Waals surface area contributed by atoms with E-state index in [0.29, 0.717) is 13.0 Å². The van der Waals surface area contributed by atoms with Crippen LogP contribution < -0.4 is 5.32 Å². The summed E-state index contributed by atoms with van der Waals surface area (Å²) in [6, 6.07) is -0.763. The van der Waals surface area contributed by atoms with Crippen molar-refractivity contribution in [3.8, 4) is 0 Å². The van der Waals surface area contributed by atoms with Crippen molar-refractivity contribution < 1.29 is 19.4 Å². The Morgan fingerprint density at radius 2 is 2.19 bits per heavy atom. The first-order valence-electron chi connectivity index (χ1n) is 5.20. The molecule has 94 valence electrons. The molecule has 0 saturated heterocycles. The van der Waals surface area contributed by atoms with Crippen LogP contribution in [0.15, 0.2) is 0 Å². The minimum Gasteiger partial charge on any atom is -0.480 e. The van der Waals surface area contributed by atoms with E-state index in [1.54, 1.807) is 7.11 Å². The van der Waals surface area contributed by atoms with Crippen LogP contribution in [-0.2, 0) is 14.3 Å². The summed E-state index contributed by atoms with van der Waals surface area (Å²) in [7, 11) is 1.60. The molecule has 5 nitrogen and oxygen atoms in total. The minimum atomic E-state index is -0.975. The van der Waals surface area contributed by atoms with Crippen molar-refractivity contribution in [2.45, 2.75) is 25.8 Å². The maximum absolute atomic E-state index is 11.4. The predicted octanol–water partition coefficient (Wildman–Crippen LogP) is 0.735. The number of carbonyl (C=O) groups is 2. The molecule has 0 spiro atoms. The smallest absolute Gasteiger partial charge is 0.326 e. The largest absolute Gasteiger partial charge is 0.480 e. The van der Waals surface area contributed by atoms with Crippen LogP contribution in [0.4, 0.5) is 0 Å². The second-order valence-corrected chi connectivity index (χ2v) is 4.40. The van der Waals surface area contributed by atoms with Crippen molar-refractivity contribution >= 4 is 23.6 Å². The number of rotatable bonds is 9. The lowest BCUT2D eigenvalue weighted by Crippen LogP contribution is -2.41. The van der Waals surface area contributed by atoms with Gasteiger partial charge in [0.1, 0.15) is 6.04 Å². The molecule has 0 aromatic carbocycles. The van der Waals surface area contributed by atoms with Gasteiger partial charge in [-0.1, -0.05) is 13.3 Å². The Morgan fingerprint density at radius 1 is 1.50 bits per heavy atom. The van der Waals surface area contributed by atoms with Gasteiger partial charge in [0.2, 0.25) is 5.91 Å². The molecule has 0 aliphatic rings. The highest BCUT2D eigenvalue weighted by molar-refractivity contribution is 7.99. The number of hydrogen-bond donors (Lipinski definition) is 2. The molecular formula is C10H19NO4S. The summed E-state index contributed by atoms with van der Waals surface area (Å²) in [5.74, 6) is -0.203. The number of nitrogens with one attached hydrogen (secondary N) is 1. The Bertz CT molecular complexity index is 223. The van der Waals surface area contributed by atoms with E-state index in [0.717, 1.165) is 12.2 Å². The molecule has 2 N–H and O–H groups in total. The number of carbonyl (C=O) groups excluding carboxylic acids is 1. The number of aliphatic carboxylic acids is 1. The monoisotopic (exact) mass is 249 g/mol. The Labute approximate surface area is 99.9 Å². The van der Waals surface area contributed by atoms with E-state index >= 15 is 0 Å². The summed E-state index contributed by atoms with van der Waals surface area (Å²) in [6.07, 6.45) is 1.19. The first-order chi connectivity index (χ1) is 7.61. The van der Waals surface area contributed by atoms with Crippen LogP contribution in [-0.4, -0.2) is 48.2 Å². The van der Waals surface area contributed by atoms with Gasteiger partial charge in [0.15, 0.2) is 0 Å². The third kappa shape index (κ3) is 7.53. The highest BCUT2D eigenvalue weighted by atomic mass is 32.2. The highest BCUT2D eigenvalue weighted by Crippen LogP contribution is 2.01. The van der Waals surface area contributed by atoms with E-state index in [1.807, 2.05) is 6.92 Å². The zero-order chi connectivity index (χ0) is 12.4. The average molecular weight is 249 g/mol. The molecule has 0 aliphatic heterocycles. The fourth-order valence-electron chi connectivity index (χ4n) is 1.09. The Hall–Kier alpha value is -0.750. The molecule has 0 bridgehead atoms. The molecule has 16 heavy (non-hydrogen) atoms. The Morgan fingerprint density at radius 3 is 2.69 bits per heavy atom. The zero-order valence-electron chi connectivity index (χ0n) is 9.69. The lowest BCUT2D eigenvalue weighted by molar-refractivity contribution is -0.141. The van der Waals surface area contributed by atoms with Crippen LogP contribution >= 0.6 is 11.8 Å². The second-order valence-electron chi connectivity index (χ2n) is 3.29. The molecule has 0 aromatic rings. The molecule has 0 radical (unpaired) electrons. The van der Waals surface area contributed by atoms with Crippen molar-refractivity contribution in [2.75, 3.05) is 25.2 Å². The first kappa shape index (κ1) is 15.2. The normalized spacial score (nSPS) is 12.1. The molecule has 0 aliphatic carbocycles. The fourth-order valence-corrected chi connectivity index (χ4v) is 1.79. The summed E-state index contributed by atoms with van der Waals surface area (Å²) in [4.78, 5) is 22.1. The van der Waals surface area contributed by atoms with Gasteiger partial charge >= 0.3 is 5.97 Å². The summed E-state index contributed by atoms with van der Waals surface area (Å²) in [6.45, 7) is 2.48. The van der Waals surface area contributed by atoms with Crippen LogP contribution in [0.1, 0.15) is 19.8 Å². The minimum absolute atomic E-state index is 0.234. The Kier molecular flexibility index (Phi) is 9.03. The average Bonchev–Trinajstić information content (AvgIpc) is 2.23. The van der Waals surface area contributed by atoms with Crippen molar-refractivity contribution in [3.05, 3.63) is 0 Å². The maximum atomic E-state index is 11.4. The quantitative estimate of drug-likeness (QED) is 0.589. The first-order valence-corrected chi connectivity index (χ1v) is 6.36. The molecule has 1 atom stereocenters. The lowest BCUT2D eigenvalue weighted by atomic mass is 10.2. The zero-order valence-corrected chi connectivity index (χ0v) is 10.5. The van der Waals surface area contributed by atoms with Gasteiger partial charge in [0.25, 0.3) is 0 Å². The van der Waals surface area contributed by atoms with Crippen LogP contribution in [0.25, 0.3) is 0 Å². The molecule has 1 amide bonds. The van der Waals surface area contributed by atoms with E-state index in [1.165, 1.54) is 11.8 Å². The van der Waals surface area contributed by atoms with Crippen molar-refractivity contribution in [1.82, 2.24) is 5.32 Å². The molecular weight excluding hydrogens is 230 g/mol. The Balaban J connectivity index is 3.77. The molecule has 0 aromatic heterocycles. The summed E-state index contributed by atoms with van der Waals surface area (Å²) >= 11 is 1.43. The van der Waals surface area contributed by atoms with Crippen molar-refractivity contribution in [1.29, 1.82) is 0 Å². The summed E-state index contributed by atoms with van der Waals surface area (Å²) < 4.78 is 4.83. The van der Waals surface area contributed by atoms with Gasteiger partial charge in [0, 0.05) is 12.9 Å². The fraction of sp³-hybridized carbons (Fsp3) is 0.800. The van der Waals surface area contributed by atoms with E-state index in [9.17, 15) is 9.59 Å². The van der Waals surface area contributed by atoms with Gasteiger partial charge < -0.3 is 15.2 Å². The number of methoxy groups -OCH3 is 1. The van der Waals surface area contributed by atoms with Gasteiger partial charge in [-0.15, -0.1) is 11.8 Å². The standard InChI is InChI=1S/C10H19NO4S/c1-3-4-8(10(13)14)11-9(12)7-16-6-5-15-2/h8H,3-7H2,1-2H3,(H,11,12)(H,13,14)/t8-/m1/s1. The van der Waals surface area contributed by atoms with Crippen molar-refractivity contribution in [2.24, 2.45) is 0 Å². The van der Waals surface area contributed by atoms with Crippen molar-refractivity contribution in [3.63, 3.8) is 0 Å². The van der Waals surface area contributed by atoms with E-state index in [4.69, 9.17) is 9.84 Å². The number of carboxylic acid groups (broad SMARTS) is 1. The third-order valence-electron chi connectivity index (χ3n) is 1.88. The number of amides is 1. The maximum Gasteiger partial charge on any atom is 0.326 e. The molecule has 0 saturated carbocycles. The SMILES string of the molecule is CCC[C@@H](NC(=O)CSCCOC)C(=O)O. The van der Waals surface area contributed by atoms with E-state index in [2.05, 4.69) is 5.32 Å². The van der Waals surface area contributed by atoms with Gasteiger partial charge in [-0.3, -0.25) is 4.79 Å². The number of ether oxygens (including phenoxy) is 1. The number of thioether (sulfide) groups is 1.